The van der Waals surface area contributed by atoms with E-state index in [1.165, 1.54) is 6.08 Å². The van der Waals surface area contributed by atoms with Gasteiger partial charge in [-0.15, -0.1) is 0 Å². The summed E-state index contributed by atoms with van der Waals surface area (Å²) in [5.41, 5.74) is 1.71. The van der Waals surface area contributed by atoms with Crippen LogP contribution in [0.2, 0.25) is 0 Å². The number of hydrogen-bond acceptors (Lipinski definition) is 3. The Kier molecular flexibility index (Phi) is 6.29. The molecular weight excluding hydrogens is 312 g/mol. The quantitative estimate of drug-likeness (QED) is 0.644. The lowest BCUT2D eigenvalue weighted by molar-refractivity contribution is -0.143. The summed E-state index contributed by atoms with van der Waals surface area (Å²) in [7, 11) is 0. The molecule has 0 saturated heterocycles. The third-order valence-electron chi connectivity index (χ3n) is 2.42. The van der Waals surface area contributed by atoms with Crippen LogP contribution in [0.1, 0.15) is 24.5 Å². The minimum Gasteiger partial charge on any atom is -0.478 e. The molecule has 1 aromatic rings. The molecule has 0 aliphatic heterocycles. The van der Waals surface area contributed by atoms with Gasteiger partial charge in [-0.2, -0.15) is 0 Å². The second kappa shape index (κ2) is 7.74. The largest absolute Gasteiger partial charge is 0.478 e. The summed E-state index contributed by atoms with van der Waals surface area (Å²) in [5.74, 6) is -1.23. The second-order valence-electron chi connectivity index (χ2n) is 3.80. The number of carboxylic acids is 1. The van der Waals surface area contributed by atoms with Gasteiger partial charge in [0.2, 0.25) is 0 Å². The van der Waals surface area contributed by atoms with Crippen molar-refractivity contribution in [3.05, 3.63) is 39.9 Å². The molecular formula is C14H15BrO4. The first-order valence-electron chi connectivity index (χ1n) is 5.88. The maximum absolute atomic E-state index is 11.3. The van der Waals surface area contributed by atoms with Crippen LogP contribution in [0.3, 0.4) is 0 Å². The van der Waals surface area contributed by atoms with Crippen molar-refractivity contribution in [1.82, 2.24) is 0 Å². The van der Waals surface area contributed by atoms with Crippen molar-refractivity contribution in [3.8, 4) is 0 Å². The molecule has 19 heavy (non-hydrogen) atoms. The zero-order valence-electron chi connectivity index (χ0n) is 10.6. The van der Waals surface area contributed by atoms with Gasteiger partial charge in [-0.25, -0.2) is 4.79 Å². The Morgan fingerprint density at radius 3 is 2.79 bits per heavy atom. The van der Waals surface area contributed by atoms with Crippen molar-refractivity contribution >= 4 is 33.9 Å². The van der Waals surface area contributed by atoms with E-state index in [2.05, 4.69) is 15.9 Å². The summed E-state index contributed by atoms with van der Waals surface area (Å²) in [5, 5.41) is 8.61. The number of esters is 1. The molecule has 0 radical (unpaired) electrons. The van der Waals surface area contributed by atoms with Gasteiger partial charge >= 0.3 is 11.9 Å². The standard InChI is InChI=1S/C14H15BrO4/c1-2-19-13(18)9-7-11-5-3-4-10(14(11)15)6-8-12(16)17/h3-6,8H,2,7,9H2,1H3,(H,16,17)/b8-6+. The zero-order chi connectivity index (χ0) is 14.3. The number of benzene rings is 1. The topological polar surface area (TPSA) is 63.6 Å². The third kappa shape index (κ3) is 5.26. The number of carbonyl (C=O) groups is 2. The summed E-state index contributed by atoms with van der Waals surface area (Å²) >= 11 is 3.42. The van der Waals surface area contributed by atoms with E-state index in [1.54, 1.807) is 13.0 Å². The van der Waals surface area contributed by atoms with Crippen molar-refractivity contribution < 1.29 is 19.4 Å². The van der Waals surface area contributed by atoms with Gasteiger partial charge in [0.05, 0.1) is 6.61 Å². The molecule has 1 aromatic carbocycles. The maximum Gasteiger partial charge on any atom is 0.328 e. The van der Waals surface area contributed by atoms with Crippen molar-refractivity contribution in [2.45, 2.75) is 19.8 Å². The number of aryl methyl sites for hydroxylation is 1. The molecule has 0 spiro atoms. The van der Waals surface area contributed by atoms with Crippen LogP contribution < -0.4 is 0 Å². The molecule has 102 valence electrons. The minimum atomic E-state index is -0.996. The Morgan fingerprint density at radius 1 is 1.42 bits per heavy atom. The third-order valence-corrected chi connectivity index (χ3v) is 3.38. The zero-order valence-corrected chi connectivity index (χ0v) is 12.1. The lowest BCUT2D eigenvalue weighted by Crippen LogP contribution is -2.05. The van der Waals surface area contributed by atoms with Crippen LogP contribution >= 0.6 is 15.9 Å². The minimum absolute atomic E-state index is 0.235. The Labute approximate surface area is 120 Å². The number of carbonyl (C=O) groups excluding carboxylic acids is 1. The van der Waals surface area contributed by atoms with E-state index in [1.807, 2.05) is 12.1 Å². The van der Waals surface area contributed by atoms with Gasteiger partial charge in [0.1, 0.15) is 0 Å². The summed E-state index contributed by atoms with van der Waals surface area (Å²) in [6.07, 6.45) is 3.45. The Bertz CT molecular complexity index is 494. The van der Waals surface area contributed by atoms with Crippen LogP contribution in [0, 0.1) is 0 Å². The fourth-order valence-electron chi connectivity index (χ4n) is 1.55. The lowest BCUT2D eigenvalue weighted by atomic mass is 10.1. The number of aliphatic carboxylic acids is 1. The summed E-state index contributed by atoms with van der Waals surface area (Å²) in [6, 6.07) is 5.52. The molecule has 0 fully saturated rings. The fourth-order valence-corrected chi connectivity index (χ4v) is 2.15. The van der Waals surface area contributed by atoms with Gasteiger partial charge in [-0.05, 0) is 46.5 Å². The van der Waals surface area contributed by atoms with E-state index < -0.39 is 5.97 Å². The SMILES string of the molecule is CCOC(=O)CCc1cccc(/C=C/C(=O)O)c1Br. The molecule has 0 unspecified atom stereocenters. The van der Waals surface area contributed by atoms with Crippen molar-refractivity contribution in [3.63, 3.8) is 0 Å². The molecule has 1 rings (SSSR count). The first-order chi connectivity index (χ1) is 9.04. The van der Waals surface area contributed by atoms with Gasteiger partial charge < -0.3 is 9.84 Å². The van der Waals surface area contributed by atoms with Crippen molar-refractivity contribution in [2.75, 3.05) is 6.61 Å². The molecule has 0 heterocycles. The van der Waals surface area contributed by atoms with Gasteiger partial charge in [0, 0.05) is 17.0 Å². The molecule has 5 heteroatoms. The van der Waals surface area contributed by atoms with Crippen LogP contribution in [0.5, 0.6) is 0 Å². The van der Waals surface area contributed by atoms with Gasteiger partial charge in [-0.3, -0.25) is 4.79 Å². The molecule has 0 saturated carbocycles. The van der Waals surface area contributed by atoms with E-state index in [-0.39, 0.29) is 5.97 Å². The van der Waals surface area contributed by atoms with E-state index in [4.69, 9.17) is 9.84 Å². The highest BCUT2D eigenvalue weighted by Gasteiger charge is 2.07. The van der Waals surface area contributed by atoms with Crippen LogP contribution in [-0.2, 0) is 20.7 Å². The molecule has 1 N–H and O–H groups in total. The summed E-state index contributed by atoms with van der Waals surface area (Å²) in [6.45, 7) is 2.15. The Hall–Kier alpha value is -1.62. The van der Waals surface area contributed by atoms with E-state index >= 15 is 0 Å². The first kappa shape index (κ1) is 15.4. The van der Waals surface area contributed by atoms with E-state index in [0.29, 0.717) is 19.4 Å². The van der Waals surface area contributed by atoms with E-state index in [9.17, 15) is 9.59 Å². The predicted molar refractivity (Wildman–Crippen MR) is 75.8 cm³/mol. The Morgan fingerprint density at radius 2 is 2.16 bits per heavy atom. The van der Waals surface area contributed by atoms with Gasteiger partial charge in [0.25, 0.3) is 0 Å². The number of rotatable bonds is 6. The molecule has 0 bridgehead atoms. The highest BCUT2D eigenvalue weighted by atomic mass is 79.9. The van der Waals surface area contributed by atoms with Crippen molar-refractivity contribution in [1.29, 1.82) is 0 Å². The number of halogens is 1. The van der Waals surface area contributed by atoms with Crippen LogP contribution in [-0.4, -0.2) is 23.7 Å². The monoisotopic (exact) mass is 326 g/mol. The van der Waals surface area contributed by atoms with Gasteiger partial charge in [0.15, 0.2) is 0 Å². The Balaban J connectivity index is 2.77. The fraction of sp³-hybridized carbons (Fsp3) is 0.286. The molecule has 4 nitrogen and oxygen atoms in total. The maximum atomic E-state index is 11.3. The molecule has 0 aliphatic rings. The number of hydrogen-bond donors (Lipinski definition) is 1. The number of ether oxygens (including phenoxy) is 1. The second-order valence-corrected chi connectivity index (χ2v) is 4.59. The smallest absolute Gasteiger partial charge is 0.328 e. The highest BCUT2D eigenvalue weighted by Crippen LogP contribution is 2.24. The molecule has 0 aromatic heterocycles. The molecule has 0 amide bonds. The van der Waals surface area contributed by atoms with Crippen LogP contribution in [0.25, 0.3) is 6.08 Å². The van der Waals surface area contributed by atoms with Crippen molar-refractivity contribution in [2.24, 2.45) is 0 Å². The average molecular weight is 327 g/mol. The van der Waals surface area contributed by atoms with Crippen LogP contribution in [0.4, 0.5) is 0 Å². The highest BCUT2D eigenvalue weighted by molar-refractivity contribution is 9.10. The summed E-state index contributed by atoms with van der Waals surface area (Å²) < 4.78 is 5.67. The molecule has 0 aliphatic carbocycles. The normalized spacial score (nSPS) is 10.6. The predicted octanol–water partition coefficient (Wildman–Crippen LogP) is 3.04. The molecule has 0 atom stereocenters. The first-order valence-corrected chi connectivity index (χ1v) is 6.68. The van der Waals surface area contributed by atoms with Crippen LogP contribution in [0.15, 0.2) is 28.7 Å². The average Bonchev–Trinajstić information content (AvgIpc) is 2.36. The number of carboxylic acid groups (broad SMARTS) is 1. The lowest BCUT2D eigenvalue weighted by Gasteiger charge is -2.07. The van der Waals surface area contributed by atoms with Gasteiger partial charge in [-0.1, -0.05) is 18.2 Å². The summed E-state index contributed by atoms with van der Waals surface area (Å²) in [4.78, 5) is 21.8. The van der Waals surface area contributed by atoms with E-state index in [0.717, 1.165) is 21.7 Å².